The van der Waals surface area contributed by atoms with Gasteiger partial charge >= 0.3 is 0 Å². The molecule has 0 fully saturated rings. The van der Waals surface area contributed by atoms with E-state index in [0.717, 1.165) is 23.1 Å². The monoisotopic (exact) mass is 442 g/mol. The highest BCUT2D eigenvalue weighted by Crippen LogP contribution is 2.22. The van der Waals surface area contributed by atoms with Gasteiger partial charge in [-0.1, -0.05) is 33.6 Å². The van der Waals surface area contributed by atoms with Gasteiger partial charge in [0.2, 0.25) is 0 Å². The van der Waals surface area contributed by atoms with Crippen molar-refractivity contribution in [2.24, 2.45) is 21.9 Å². The fourth-order valence-electron chi connectivity index (χ4n) is 3.10. The minimum Gasteiger partial charge on any atom is -0.494 e. The number of allylic oxidation sites excluding steroid dienone is 1. The van der Waals surface area contributed by atoms with Crippen LogP contribution in [0.15, 0.2) is 46.7 Å². The smallest absolute Gasteiger partial charge is 0.252 e. The number of fused-ring (bicyclic) bond motifs is 1. The number of aromatic nitrogens is 1. The number of nitrogens with zero attached hydrogens (tertiary/aromatic N) is 2. The van der Waals surface area contributed by atoms with Crippen LogP contribution < -0.4 is 16.2 Å². The van der Waals surface area contributed by atoms with Crippen LogP contribution in [0.3, 0.4) is 0 Å². The van der Waals surface area contributed by atoms with Crippen LogP contribution >= 0.6 is 0 Å². The summed E-state index contributed by atoms with van der Waals surface area (Å²) in [6.07, 6.45) is 5.24. The molecule has 176 valence electrons. The second kappa shape index (κ2) is 12.8. The molecule has 7 nitrogen and oxygen atoms in total. The van der Waals surface area contributed by atoms with Crippen molar-refractivity contribution in [1.82, 2.24) is 4.98 Å². The second-order valence-corrected chi connectivity index (χ2v) is 8.43. The molecule has 1 aromatic carbocycles. The summed E-state index contributed by atoms with van der Waals surface area (Å²) < 4.78 is 5.47. The average Bonchev–Trinajstić information content (AvgIpc) is 2.75. The Hall–Kier alpha value is -2.93. The summed E-state index contributed by atoms with van der Waals surface area (Å²) in [5.41, 5.74) is 13.8. The Morgan fingerprint density at radius 1 is 1.22 bits per heavy atom. The topological polar surface area (TPSA) is 124 Å². The number of hydrogen-bond donors (Lipinski definition) is 3. The fourth-order valence-corrected chi connectivity index (χ4v) is 3.10. The molecule has 1 heterocycles. The molecule has 7 heteroatoms. The zero-order chi connectivity index (χ0) is 24.3. The second-order valence-electron chi connectivity index (χ2n) is 8.43. The van der Waals surface area contributed by atoms with Crippen molar-refractivity contribution in [1.29, 1.82) is 0 Å². The van der Waals surface area contributed by atoms with E-state index in [1.54, 1.807) is 20.2 Å². The number of rotatable bonds is 9. The fraction of sp³-hybridized carbons (Fsp3) is 0.480. The van der Waals surface area contributed by atoms with Crippen molar-refractivity contribution < 1.29 is 14.6 Å². The number of amides is 1. The Morgan fingerprint density at radius 2 is 1.91 bits per heavy atom. The highest BCUT2D eigenvalue weighted by molar-refractivity contribution is 6.28. The van der Waals surface area contributed by atoms with Crippen molar-refractivity contribution in [3.05, 3.63) is 47.3 Å². The summed E-state index contributed by atoms with van der Waals surface area (Å²) in [6, 6.07) is 7.54. The maximum atomic E-state index is 11.7. The normalized spacial score (nSPS) is 12.7. The number of aliphatic hydroxyl groups is 1. The molecule has 0 aliphatic heterocycles. The molecule has 0 bridgehead atoms. The van der Waals surface area contributed by atoms with Gasteiger partial charge in [-0.3, -0.25) is 14.8 Å². The van der Waals surface area contributed by atoms with Crippen LogP contribution in [-0.4, -0.2) is 42.0 Å². The maximum Gasteiger partial charge on any atom is 0.252 e. The molecule has 2 aromatic rings. The zero-order valence-corrected chi connectivity index (χ0v) is 20.2. The first-order valence-electron chi connectivity index (χ1n) is 11.0. The van der Waals surface area contributed by atoms with Gasteiger partial charge in [0.25, 0.3) is 5.91 Å². The first kappa shape index (κ1) is 27.1. The number of primary amides is 1. The molecule has 5 N–H and O–H groups in total. The molecule has 0 atom stereocenters. The SMILES string of the molecule is CCCCC(C)(C)CO.CCOc1ccc2cc(C(=NC)/C(C(N)=O)=C(\C)N)cnc2c1. The highest BCUT2D eigenvalue weighted by Gasteiger charge is 2.18. The minimum absolute atomic E-state index is 0.149. The Morgan fingerprint density at radius 3 is 2.41 bits per heavy atom. The average molecular weight is 443 g/mol. The van der Waals surface area contributed by atoms with Crippen LogP contribution in [0.25, 0.3) is 10.9 Å². The minimum atomic E-state index is -0.614. The third-order valence-electron chi connectivity index (χ3n) is 4.98. The van der Waals surface area contributed by atoms with Crippen LogP contribution in [0.2, 0.25) is 0 Å². The quantitative estimate of drug-likeness (QED) is 0.400. The van der Waals surface area contributed by atoms with Crippen LogP contribution in [-0.2, 0) is 4.79 Å². The Kier molecular flexibility index (Phi) is 10.9. The molecule has 1 aromatic heterocycles. The van der Waals surface area contributed by atoms with E-state index in [1.165, 1.54) is 12.8 Å². The van der Waals surface area contributed by atoms with E-state index in [-0.39, 0.29) is 11.0 Å². The van der Waals surface area contributed by atoms with E-state index < -0.39 is 5.91 Å². The van der Waals surface area contributed by atoms with Gasteiger partial charge in [-0.15, -0.1) is 0 Å². The number of unbranched alkanes of at least 4 members (excludes halogenated alkanes) is 1. The van der Waals surface area contributed by atoms with E-state index in [0.29, 0.717) is 30.2 Å². The predicted octanol–water partition coefficient (Wildman–Crippen LogP) is 3.97. The van der Waals surface area contributed by atoms with Gasteiger partial charge in [0.15, 0.2) is 0 Å². The molecular formula is C25H38N4O3. The van der Waals surface area contributed by atoms with E-state index in [9.17, 15) is 4.79 Å². The molecular weight excluding hydrogens is 404 g/mol. The molecule has 0 unspecified atom stereocenters. The summed E-state index contributed by atoms with van der Waals surface area (Å²) in [5, 5.41) is 9.73. The first-order valence-corrected chi connectivity index (χ1v) is 11.0. The number of aliphatic imine (C=N–C) groups is 1. The van der Waals surface area contributed by atoms with Gasteiger partial charge in [0, 0.05) is 42.6 Å². The zero-order valence-electron chi connectivity index (χ0n) is 20.2. The number of hydrogen-bond acceptors (Lipinski definition) is 6. The lowest BCUT2D eigenvalue weighted by molar-refractivity contribution is -0.114. The van der Waals surface area contributed by atoms with Gasteiger partial charge < -0.3 is 21.3 Å². The lowest BCUT2D eigenvalue weighted by atomic mass is 9.88. The number of carbonyl (C=O) groups excluding carboxylic acids is 1. The summed E-state index contributed by atoms with van der Waals surface area (Å²) >= 11 is 0. The van der Waals surface area contributed by atoms with E-state index >= 15 is 0 Å². The predicted molar refractivity (Wildman–Crippen MR) is 132 cm³/mol. The van der Waals surface area contributed by atoms with Crippen molar-refractivity contribution in [2.45, 2.75) is 53.9 Å². The van der Waals surface area contributed by atoms with Gasteiger partial charge in [0.05, 0.1) is 23.4 Å². The number of benzene rings is 1. The van der Waals surface area contributed by atoms with Crippen molar-refractivity contribution in [3.8, 4) is 5.75 Å². The highest BCUT2D eigenvalue weighted by atomic mass is 16.5. The van der Waals surface area contributed by atoms with E-state index in [1.807, 2.05) is 31.2 Å². The summed E-state index contributed by atoms with van der Waals surface area (Å²) in [5.74, 6) is 0.151. The third kappa shape index (κ3) is 7.96. The first-order chi connectivity index (χ1) is 15.1. The third-order valence-corrected chi connectivity index (χ3v) is 4.98. The molecule has 0 spiro atoms. The maximum absolute atomic E-state index is 11.7. The lowest BCUT2D eigenvalue weighted by Gasteiger charge is -2.20. The van der Waals surface area contributed by atoms with Gasteiger partial charge in [-0.25, -0.2) is 0 Å². The van der Waals surface area contributed by atoms with Crippen LogP contribution in [0.1, 0.15) is 59.4 Å². The van der Waals surface area contributed by atoms with Gasteiger partial charge in [-0.05, 0) is 43.9 Å². The Labute approximate surface area is 191 Å². The molecule has 0 saturated carbocycles. The van der Waals surface area contributed by atoms with Crippen LogP contribution in [0.4, 0.5) is 0 Å². The van der Waals surface area contributed by atoms with E-state index in [2.05, 4.69) is 30.7 Å². The molecule has 2 rings (SSSR count). The largest absolute Gasteiger partial charge is 0.494 e. The molecule has 0 saturated heterocycles. The number of aliphatic hydroxyl groups excluding tert-OH is 1. The summed E-state index contributed by atoms with van der Waals surface area (Å²) in [4.78, 5) is 20.2. The van der Waals surface area contributed by atoms with Crippen molar-refractivity contribution >= 4 is 22.5 Å². The summed E-state index contributed by atoms with van der Waals surface area (Å²) in [6.45, 7) is 10.8. The Bertz CT molecular complexity index is 961. The van der Waals surface area contributed by atoms with Gasteiger partial charge in [-0.2, -0.15) is 0 Å². The molecule has 32 heavy (non-hydrogen) atoms. The molecule has 0 radical (unpaired) electrons. The lowest BCUT2D eigenvalue weighted by Crippen LogP contribution is -2.25. The number of nitrogens with two attached hydrogens (primary N) is 2. The van der Waals surface area contributed by atoms with Crippen molar-refractivity contribution in [2.75, 3.05) is 20.3 Å². The van der Waals surface area contributed by atoms with Crippen LogP contribution in [0.5, 0.6) is 5.75 Å². The van der Waals surface area contributed by atoms with Crippen molar-refractivity contribution in [3.63, 3.8) is 0 Å². The standard InChI is InChI=1S/C17H20N4O2.C8H18O/c1-4-23-13-6-5-11-7-12(9-21-14(11)8-13)16(20-3)15(10(2)18)17(19)22;1-4-5-6-8(2,3)7-9/h5-9H,4,18H2,1-3H3,(H2,19,22);9H,4-7H2,1-3H3/b15-10-,20-16?;. The summed E-state index contributed by atoms with van der Waals surface area (Å²) in [7, 11) is 1.59. The molecule has 0 aliphatic carbocycles. The van der Waals surface area contributed by atoms with Crippen LogP contribution in [0, 0.1) is 5.41 Å². The number of ether oxygens (including phenoxy) is 1. The number of carbonyl (C=O) groups is 1. The van der Waals surface area contributed by atoms with E-state index in [4.69, 9.17) is 21.3 Å². The number of pyridine rings is 1. The van der Waals surface area contributed by atoms with Gasteiger partial charge in [0.1, 0.15) is 5.75 Å². The molecule has 0 aliphatic rings. The molecule has 1 amide bonds. The Balaban J connectivity index is 0.000000482.